The molecular formula is C11H10ClN3OS. The molecule has 88 valence electrons. The quantitative estimate of drug-likeness (QED) is 0.851. The van der Waals surface area contributed by atoms with Gasteiger partial charge in [-0.1, -0.05) is 11.6 Å². The second-order valence-electron chi connectivity index (χ2n) is 3.55. The molecule has 0 radical (unpaired) electrons. The Morgan fingerprint density at radius 1 is 1.35 bits per heavy atom. The molecule has 0 fully saturated rings. The number of thiazole rings is 1. The van der Waals surface area contributed by atoms with Crippen LogP contribution in [0.5, 0.6) is 0 Å². The van der Waals surface area contributed by atoms with Crippen molar-refractivity contribution in [3.05, 3.63) is 39.1 Å². The molecule has 1 N–H and O–H groups in total. The van der Waals surface area contributed by atoms with Gasteiger partial charge in [-0.25, -0.2) is 9.97 Å². The lowest BCUT2D eigenvalue weighted by Crippen LogP contribution is -2.11. The first kappa shape index (κ1) is 12.0. The van der Waals surface area contributed by atoms with Crippen LogP contribution in [0.25, 0.3) is 0 Å². The van der Waals surface area contributed by atoms with Gasteiger partial charge in [0, 0.05) is 6.20 Å². The van der Waals surface area contributed by atoms with Gasteiger partial charge >= 0.3 is 0 Å². The van der Waals surface area contributed by atoms with Gasteiger partial charge in [-0.15, -0.1) is 11.3 Å². The third-order valence-electron chi connectivity index (χ3n) is 2.07. The van der Waals surface area contributed by atoms with Crippen molar-refractivity contribution in [3.63, 3.8) is 0 Å². The molecule has 2 aromatic rings. The van der Waals surface area contributed by atoms with Gasteiger partial charge in [0.2, 0.25) is 0 Å². The maximum absolute atomic E-state index is 11.9. The van der Waals surface area contributed by atoms with Crippen LogP contribution in [0.3, 0.4) is 0 Å². The molecule has 0 aromatic carbocycles. The van der Waals surface area contributed by atoms with E-state index >= 15 is 0 Å². The van der Waals surface area contributed by atoms with E-state index in [9.17, 15) is 4.79 Å². The van der Waals surface area contributed by atoms with Crippen molar-refractivity contribution in [1.82, 2.24) is 9.97 Å². The number of anilines is 1. The number of carbonyl (C=O) groups excluding carboxylic acids is 1. The third kappa shape index (κ3) is 2.81. The van der Waals surface area contributed by atoms with Crippen LogP contribution >= 0.6 is 22.9 Å². The standard InChI is InChI=1S/C11H10ClN3OS/c1-6-3-8(10(12)14-4-6)15-11(16)9-5-13-7(2)17-9/h3-5H,1-2H3,(H,15,16). The normalized spacial score (nSPS) is 10.3. The number of hydrogen-bond donors (Lipinski definition) is 1. The smallest absolute Gasteiger partial charge is 0.267 e. The molecule has 6 heteroatoms. The summed E-state index contributed by atoms with van der Waals surface area (Å²) in [6, 6.07) is 1.78. The van der Waals surface area contributed by atoms with Crippen LogP contribution in [-0.2, 0) is 0 Å². The average molecular weight is 268 g/mol. The zero-order valence-electron chi connectivity index (χ0n) is 9.32. The van der Waals surface area contributed by atoms with Crippen LogP contribution < -0.4 is 5.32 Å². The summed E-state index contributed by atoms with van der Waals surface area (Å²) in [5.41, 5.74) is 1.45. The Morgan fingerprint density at radius 2 is 2.12 bits per heavy atom. The van der Waals surface area contributed by atoms with Gasteiger partial charge in [0.25, 0.3) is 5.91 Å². The monoisotopic (exact) mass is 267 g/mol. The van der Waals surface area contributed by atoms with Crippen LogP contribution in [0.1, 0.15) is 20.2 Å². The van der Waals surface area contributed by atoms with Gasteiger partial charge in [0.1, 0.15) is 4.88 Å². The molecule has 0 aliphatic rings. The largest absolute Gasteiger partial charge is 0.319 e. The van der Waals surface area contributed by atoms with E-state index in [1.165, 1.54) is 11.3 Å². The van der Waals surface area contributed by atoms with E-state index in [4.69, 9.17) is 11.6 Å². The molecule has 0 spiro atoms. The van der Waals surface area contributed by atoms with E-state index in [2.05, 4.69) is 15.3 Å². The molecule has 0 aliphatic carbocycles. The van der Waals surface area contributed by atoms with E-state index in [0.717, 1.165) is 10.6 Å². The summed E-state index contributed by atoms with van der Waals surface area (Å²) in [6.07, 6.45) is 3.20. The molecule has 2 heterocycles. The Kier molecular flexibility index (Phi) is 3.40. The van der Waals surface area contributed by atoms with Gasteiger partial charge < -0.3 is 5.32 Å². The highest BCUT2D eigenvalue weighted by atomic mass is 35.5. The SMILES string of the molecule is Cc1cnc(Cl)c(NC(=O)c2cnc(C)s2)c1. The minimum atomic E-state index is -0.218. The number of carbonyl (C=O) groups is 1. The summed E-state index contributed by atoms with van der Waals surface area (Å²) >= 11 is 7.23. The number of pyridine rings is 1. The number of amides is 1. The topological polar surface area (TPSA) is 54.9 Å². The maximum atomic E-state index is 11.9. The van der Waals surface area contributed by atoms with Crippen LogP contribution in [0, 0.1) is 13.8 Å². The van der Waals surface area contributed by atoms with Crippen LogP contribution in [0.2, 0.25) is 5.15 Å². The molecule has 0 unspecified atom stereocenters. The number of nitrogens with one attached hydrogen (secondary N) is 1. The first-order valence-electron chi connectivity index (χ1n) is 4.92. The minimum absolute atomic E-state index is 0.218. The summed E-state index contributed by atoms with van der Waals surface area (Å²) in [7, 11) is 0. The number of nitrogens with zero attached hydrogens (tertiary/aromatic N) is 2. The summed E-state index contributed by atoms with van der Waals surface area (Å²) in [6.45, 7) is 3.73. The van der Waals surface area contributed by atoms with Crippen molar-refractivity contribution < 1.29 is 4.79 Å². The van der Waals surface area contributed by atoms with E-state index in [0.29, 0.717) is 10.6 Å². The predicted octanol–water partition coefficient (Wildman–Crippen LogP) is 3.06. The van der Waals surface area contributed by atoms with E-state index in [1.54, 1.807) is 18.5 Å². The van der Waals surface area contributed by atoms with Crippen LogP contribution in [0.4, 0.5) is 5.69 Å². The third-order valence-corrected chi connectivity index (χ3v) is 3.28. The first-order chi connectivity index (χ1) is 8.06. The van der Waals surface area contributed by atoms with Crippen LogP contribution in [0.15, 0.2) is 18.5 Å². The van der Waals surface area contributed by atoms with Gasteiger partial charge in [-0.3, -0.25) is 4.79 Å². The number of aryl methyl sites for hydroxylation is 2. The molecule has 1 amide bonds. The molecule has 0 saturated carbocycles. The lowest BCUT2D eigenvalue weighted by molar-refractivity contribution is 0.103. The van der Waals surface area contributed by atoms with Gasteiger partial charge in [0.05, 0.1) is 16.9 Å². The Balaban J connectivity index is 2.21. The van der Waals surface area contributed by atoms with Crippen molar-refractivity contribution in [3.8, 4) is 0 Å². The van der Waals surface area contributed by atoms with Crippen LogP contribution in [-0.4, -0.2) is 15.9 Å². The summed E-state index contributed by atoms with van der Waals surface area (Å²) in [5.74, 6) is -0.218. The van der Waals surface area contributed by atoms with Gasteiger partial charge in [-0.05, 0) is 25.5 Å². The Bertz CT molecular complexity index is 568. The van der Waals surface area contributed by atoms with Crippen molar-refractivity contribution in [2.45, 2.75) is 13.8 Å². The summed E-state index contributed by atoms with van der Waals surface area (Å²) in [5, 5.41) is 3.85. The Hall–Kier alpha value is -1.46. The highest BCUT2D eigenvalue weighted by Gasteiger charge is 2.11. The Morgan fingerprint density at radius 3 is 2.76 bits per heavy atom. The highest BCUT2D eigenvalue weighted by Crippen LogP contribution is 2.21. The molecular weight excluding hydrogens is 258 g/mol. The van der Waals surface area contributed by atoms with Crippen molar-refractivity contribution in [2.75, 3.05) is 5.32 Å². The van der Waals surface area contributed by atoms with Crippen molar-refractivity contribution in [1.29, 1.82) is 0 Å². The fourth-order valence-electron chi connectivity index (χ4n) is 1.29. The molecule has 0 aliphatic heterocycles. The van der Waals surface area contributed by atoms with E-state index in [1.807, 2.05) is 13.8 Å². The number of hydrogen-bond acceptors (Lipinski definition) is 4. The Labute approximate surface area is 108 Å². The minimum Gasteiger partial charge on any atom is -0.319 e. The van der Waals surface area contributed by atoms with E-state index in [-0.39, 0.29) is 11.1 Å². The molecule has 0 bridgehead atoms. The number of rotatable bonds is 2. The number of halogens is 1. The summed E-state index contributed by atoms with van der Waals surface area (Å²) < 4.78 is 0. The second-order valence-corrected chi connectivity index (χ2v) is 5.14. The molecule has 2 aromatic heterocycles. The van der Waals surface area contributed by atoms with Gasteiger partial charge in [0.15, 0.2) is 5.15 Å². The lowest BCUT2D eigenvalue weighted by atomic mass is 10.3. The maximum Gasteiger partial charge on any atom is 0.267 e. The molecule has 17 heavy (non-hydrogen) atoms. The molecule has 0 atom stereocenters. The fraction of sp³-hybridized carbons (Fsp3) is 0.182. The second kappa shape index (κ2) is 4.81. The van der Waals surface area contributed by atoms with E-state index < -0.39 is 0 Å². The zero-order valence-corrected chi connectivity index (χ0v) is 10.9. The first-order valence-corrected chi connectivity index (χ1v) is 6.11. The van der Waals surface area contributed by atoms with Crippen molar-refractivity contribution >= 4 is 34.5 Å². The lowest BCUT2D eigenvalue weighted by Gasteiger charge is -2.05. The van der Waals surface area contributed by atoms with Gasteiger partial charge in [-0.2, -0.15) is 0 Å². The zero-order chi connectivity index (χ0) is 12.4. The molecule has 4 nitrogen and oxygen atoms in total. The highest BCUT2D eigenvalue weighted by molar-refractivity contribution is 7.13. The summed E-state index contributed by atoms with van der Waals surface area (Å²) in [4.78, 5) is 20.4. The molecule has 0 saturated heterocycles. The fourth-order valence-corrected chi connectivity index (χ4v) is 2.11. The predicted molar refractivity (Wildman–Crippen MR) is 68.8 cm³/mol. The molecule has 2 rings (SSSR count). The average Bonchev–Trinajstić information content (AvgIpc) is 2.70. The number of aromatic nitrogens is 2. The van der Waals surface area contributed by atoms with Crippen molar-refractivity contribution in [2.24, 2.45) is 0 Å².